The molecule has 0 aromatic heterocycles. The van der Waals surface area contributed by atoms with Gasteiger partial charge in [0.05, 0.1) is 0 Å². The molecule has 0 aromatic rings. The van der Waals surface area contributed by atoms with Crippen LogP contribution >= 0.6 is 0 Å². The first-order valence-corrected chi connectivity index (χ1v) is 33.6. The molecule has 0 N–H and O–H groups in total. The Kier molecular flexibility index (Phi) is 64.9. The van der Waals surface area contributed by atoms with Crippen LogP contribution in [0.5, 0.6) is 0 Å². The van der Waals surface area contributed by atoms with Crippen LogP contribution in [-0.4, -0.2) is 37.2 Å². The topological polar surface area (TPSA) is 78.9 Å². The molecule has 0 bridgehead atoms. The average Bonchev–Trinajstić information content (AvgIpc) is 3.48. The molecule has 1 atom stereocenters. The van der Waals surface area contributed by atoms with Crippen molar-refractivity contribution < 1.29 is 28.6 Å². The summed E-state index contributed by atoms with van der Waals surface area (Å²) >= 11 is 0. The molecule has 0 aliphatic carbocycles. The van der Waals surface area contributed by atoms with Crippen molar-refractivity contribution in [2.24, 2.45) is 0 Å². The van der Waals surface area contributed by atoms with Crippen molar-refractivity contribution in [3.8, 4) is 0 Å². The first-order valence-electron chi connectivity index (χ1n) is 33.6. The van der Waals surface area contributed by atoms with Gasteiger partial charge in [-0.05, 0) is 135 Å². The Morgan fingerprint density at radius 1 is 0.253 bits per heavy atom. The zero-order valence-corrected chi connectivity index (χ0v) is 53.4. The maximum absolute atomic E-state index is 12.9. The van der Waals surface area contributed by atoms with Crippen LogP contribution in [0.2, 0.25) is 0 Å². The number of rotatable bonds is 59. The van der Waals surface area contributed by atoms with Crippen LogP contribution in [0.25, 0.3) is 0 Å². The summed E-state index contributed by atoms with van der Waals surface area (Å²) < 4.78 is 16.9. The van der Waals surface area contributed by atoms with Gasteiger partial charge < -0.3 is 14.2 Å². The molecular formula is C77H122O6. The highest BCUT2D eigenvalue weighted by Crippen LogP contribution is 2.15. The largest absolute Gasteiger partial charge is 0.462 e. The highest BCUT2D eigenvalue weighted by Gasteiger charge is 2.19. The van der Waals surface area contributed by atoms with Gasteiger partial charge >= 0.3 is 17.9 Å². The van der Waals surface area contributed by atoms with E-state index in [0.717, 1.165) is 167 Å². The lowest BCUT2D eigenvalue weighted by Crippen LogP contribution is -2.30. The van der Waals surface area contributed by atoms with Crippen LogP contribution < -0.4 is 0 Å². The first kappa shape index (κ1) is 77.8. The van der Waals surface area contributed by atoms with Gasteiger partial charge in [-0.1, -0.05) is 294 Å². The van der Waals surface area contributed by atoms with E-state index in [-0.39, 0.29) is 31.1 Å². The van der Waals surface area contributed by atoms with Crippen LogP contribution in [-0.2, 0) is 28.6 Å². The van der Waals surface area contributed by atoms with Gasteiger partial charge in [-0.3, -0.25) is 14.4 Å². The molecule has 0 heterocycles. The Bertz CT molecular complexity index is 1890. The Balaban J connectivity index is 4.40. The lowest BCUT2D eigenvalue weighted by molar-refractivity contribution is -0.167. The second-order valence-electron chi connectivity index (χ2n) is 21.6. The molecule has 0 aliphatic heterocycles. The highest BCUT2D eigenvalue weighted by molar-refractivity contribution is 5.71. The van der Waals surface area contributed by atoms with E-state index in [4.69, 9.17) is 14.2 Å². The number of hydrogen-bond acceptors (Lipinski definition) is 6. The molecule has 0 radical (unpaired) electrons. The third kappa shape index (κ3) is 67.4. The Morgan fingerprint density at radius 3 is 0.747 bits per heavy atom. The van der Waals surface area contributed by atoms with E-state index in [0.29, 0.717) is 19.3 Å². The minimum absolute atomic E-state index is 0.0984. The highest BCUT2D eigenvalue weighted by atomic mass is 16.6. The summed E-state index contributed by atoms with van der Waals surface area (Å²) in [6.45, 7) is 6.37. The smallest absolute Gasteiger partial charge is 0.306 e. The van der Waals surface area contributed by atoms with Crippen LogP contribution in [0.1, 0.15) is 278 Å². The van der Waals surface area contributed by atoms with E-state index in [2.05, 4.69) is 191 Å². The number of ether oxygens (including phenoxy) is 3. The Labute approximate surface area is 511 Å². The molecule has 0 saturated carbocycles. The molecule has 1 unspecified atom stereocenters. The van der Waals surface area contributed by atoms with Gasteiger partial charge in [0.15, 0.2) is 6.10 Å². The van der Waals surface area contributed by atoms with Crippen molar-refractivity contribution in [1.82, 2.24) is 0 Å². The SMILES string of the molecule is CC/C=C\C/C=C\C/C=C\C/C=C\C/C=C\C/C=C\C/C=C\C/C=C\C/C=C\CCCCCC(=O)OCC(COC(=O)CCCCCCCCCCCCC)OC(=O)CCCCCCCCC/C=C\C/C=C\C/C=C\C/C=C\C/C=C\CC. The van der Waals surface area contributed by atoms with E-state index in [1.54, 1.807) is 0 Å². The zero-order chi connectivity index (χ0) is 59.9. The standard InChI is InChI=1S/C77H122O6/c1-4-7-10-13-16-19-22-24-26-28-30-32-34-35-36-37-38-39-40-41-43-44-46-48-50-52-55-58-61-64-67-70-76(79)82-73-74(72-81-75(78)69-66-63-60-57-54-21-18-15-12-9-6-3)83-77(80)71-68-65-62-59-56-53-51-49-47-45-42-33-31-29-27-25-23-20-17-14-11-8-5-2/h7-8,10-11,16-17,19-20,24-27,30-33,35-36,38-39,41,43,45-48,52,55,74H,4-6,9,12-15,18,21-23,28-29,34,37,40,42,44,49-51,53-54,56-73H2,1-3H3/b10-7-,11-8-,19-16-,20-17-,26-24-,27-25-,32-30-,33-31-,36-35-,39-38-,43-41-,47-45-,48-46-,55-52-. The fourth-order valence-electron chi connectivity index (χ4n) is 8.76. The van der Waals surface area contributed by atoms with Crippen molar-refractivity contribution in [2.45, 2.75) is 284 Å². The maximum atomic E-state index is 12.9. The van der Waals surface area contributed by atoms with Gasteiger partial charge in [-0.2, -0.15) is 0 Å². The van der Waals surface area contributed by atoms with E-state index in [1.165, 1.54) is 70.6 Å². The molecule has 0 spiro atoms. The molecule has 0 aliphatic rings. The molecular weight excluding hydrogens is 1020 g/mol. The lowest BCUT2D eigenvalue weighted by Gasteiger charge is -2.18. The first-order chi connectivity index (χ1) is 41.0. The van der Waals surface area contributed by atoms with Gasteiger partial charge in [0.2, 0.25) is 0 Å². The average molecular weight is 1140 g/mol. The quantitative estimate of drug-likeness (QED) is 0.0261. The summed E-state index contributed by atoms with van der Waals surface area (Å²) in [5, 5.41) is 0. The van der Waals surface area contributed by atoms with E-state index in [9.17, 15) is 14.4 Å². The molecule has 83 heavy (non-hydrogen) atoms. The van der Waals surface area contributed by atoms with E-state index >= 15 is 0 Å². The lowest BCUT2D eigenvalue weighted by atomic mass is 10.1. The van der Waals surface area contributed by atoms with Crippen LogP contribution in [0.4, 0.5) is 0 Å². The van der Waals surface area contributed by atoms with Crippen molar-refractivity contribution in [3.63, 3.8) is 0 Å². The van der Waals surface area contributed by atoms with Crippen LogP contribution in [0.15, 0.2) is 170 Å². The summed E-state index contributed by atoms with van der Waals surface area (Å²) in [5.41, 5.74) is 0. The molecule has 0 saturated heterocycles. The molecule has 0 amide bonds. The number of esters is 3. The van der Waals surface area contributed by atoms with Crippen LogP contribution in [0.3, 0.4) is 0 Å². The third-order valence-corrected chi connectivity index (χ3v) is 13.7. The number of carbonyl (C=O) groups excluding carboxylic acids is 3. The normalized spacial score (nSPS) is 13.2. The van der Waals surface area contributed by atoms with Crippen LogP contribution in [0, 0.1) is 0 Å². The summed E-state index contributed by atoms with van der Waals surface area (Å²) in [6.07, 6.45) is 102. The molecule has 0 aromatic carbocycles. The summed E-state index contributed by atoms with van der Waals surface area (Å²) in [5.74, 6) is -0.947. The predicted molar refractivity (Wildman–Crippen MR) is 361 cm³/mol. The molecule has 6 heteroatoms. The monoisotopic (exact) mass is 1140 g/mol. The third-order valence-electron chi connectivity index (χ3n) is 13.7. The summed E-state index contributed by atoms with van der Waals surface area (Å²) in [6, 6.07) is 0. The second kappa shape index (κ2) is 69.3. The fraction of sp³-hybridized carbons (Fsp3) is 0.597. The van der Waals surface area contributed by atoms with Gasteiger partial charge in [-0.25, -0.2) is 0 Å². The predicted octanol–water partition coefficient (Wildman–Crippen LogP) is 23.4. The summed E-state index contributed by atoms with van der Waals surface area (Å²) in [7, 11) is 0. The zero-order valence-electron chi connectivity index (χ0n) is 53.4. The number of carbonyl (C=O) groups is 3. The van der Waals surface area contributed by atoms with Gasteiger partial charge in [0.25, 0.3) is 0 Å². The second-order valence-corrected chi connectivity index (χ2v) is 21.6. The van der Waals surface area contributed by atoms with Crippen molar-refractivity contribution in [1.29, 1.82) is 0 Å². The van der Waals surface area contributed by atoms with Gasteiger partial charge in [0, 0.05) is 19.3 Å². The van der Waals surface area contributed by atoms with Crippen molar-refractivity contribution in [3.05, 3.63) is 170 Å². The molecule has 466 valence electrons. The van der Waals surface area contributed by atoms with Gasteiger partial charge in [0.1, 0.15) is 13.2 Å². The van der Waals surface area contributed by atoms with E-state index < -0.39 is 6.10 Å². The molecule has 6 nitrogen and oxygen atoms in total. The molecule has 0 rings (SSSR count). The number of unbranched alkanes of at least 4 members (excludes halogenated alkanes) is 20. The minimum Gasteiger partial charge on any atom is -0.462 e. The van der Waals surface area contributed by atoms with Gasteiger partial charge in [-0.15, -0.1) is 0 Å². The number of allylic oxidation sites excluding steroid dienone is 28. The Morgan fingerprint density at radius 2 is 0.470 bits per heavy atom. The number of hydrogen-bond donors (Lipinski definition) is 0. The fourth-order valence-corrected chi connectivity index (χ4v) is 8.76. The van der Waals surface area contributed by atoms with Crippen molar-refractivity contribution in [2.75, 3.05) is 13.2 Å². The Hall–Kier alpha value is -5.23. The summed E-state index contributed by atoms with van der Waals surface area (Å²) in [4.78, 5) is 38.3. The van der Waals surface area contributed by atoms with Crippen molar-refractivity contribution >= 4 is 17.9 Å². The minimum atomic E-state index is -0.806. The van der Waals surface area contributed by atoms with E-state index in [1.807, 2.05) is 0 Å². The maximum Gasteiger partial charge on any atom is 0.306 e. The molecule has 0 fully saturated rings.